The summed E-state index contributed by atoms with van der Waals surface area (Å²) in [4.78, 5) is 37.3. The highest BCUT2D eigenvalue weighted by Gasteiger charge is 2.51. The van der Waals surface area contributed by atoms with Gasteiger partial charge in [0, 0.05) is 24.1 Å². The zero-order valence-electron chi connectivity index (χ0n) is 21.7. The second kappa shape index (κ2) is 9.33. The maximum absolute atomic E-state index is 13.3. The summed E-state index contributed by atoms with van der Waals surface area (Å²) in [7, 11) is 0. The van der Waals surface area contributed by atoms with E-state index in [1.807, 2.05) is 47.4 Å². The molecule has 0 spiro atoms. The molecule has 4 aliphatic carbocycles. The van der Waals surface area contributed by atoms with Crippen LogP contribution >= 0.6 is 0 Å². The Hall–Kier alpha value is -3.54. The number of carbonyl (C=O) groups is 2. The zero-order chi connectivity index (χ0) is 25.7. The van der Waals surface area contributed by atoms with E-state index in [9.17, 15) is 9.59 Å². The predicted molar refractivity (Wildman–Crippen MR) is 146 cm³/mol. The van der Waals surface area contributed by atoms with Crippen molar-refractivity contribution < 1.29 is 9.59 Å². The normalized spacial score (nSPS) is 27.2. The number of amides is 2. The molecule has 0 atom stereocenters. The Morgan fingerprint density at radius 1 is 0.868 bits per heavy atom. The third-order valence-corrected chi connectivity index (χ3v) is 9.49. The lowest BCUT2D eigenvalue weighted by Crippen LogP contribution is -2.47. The number of hydrogen-bond acceptors (Lipinski definition) is 4. The Balaban J connectivity index is 1.02. The molecule has 3 aromatic rings. The fourth-order valence-corrected chi connectivity index (χ4v) is 8.28. The highest BCUT2D eigenvalue weighted by atomic mass is 16.2. The van der Waals surface area contributed by atoms with E-state index < -0.39 is 0 Å². The van der Waals surface area contributed by atoms with Gasteiger partial charge in [-0.25, -0.2) is 9.97 Å². The molecule has 8 rings (SSSR count). The third kappa shape index (κ3) is 4.40. The van der Waals surface area contributed by atoms with Gasteiger partial charge in [0.15, 0.2) is 0 Å². The van der Waals surface area contributed by atoms with Gasteiger partial charge in [-0.05, 0) is 91.4 Å². The van der Waals surface area contributed by atoms with E-state index in [0.717, 1.165) is 40.1 Å². The first kappa shape index (κ1) is 23.6. The second-order valence-electron chi connectivity index (χ2n) is 12.2. The molecule has 4 saturated carbocycles. The number of hydrogen-bond donors (Lipinski definition) is 1. The Labute approximate surface area is 223 Å². The van der Waals surface area contributed by atoms with Crippen LogP contribution in [0.5, 0.6) is 0 Å². The van der Waals surface area contributed by atoms with Crippen LogP contribution in [0.1, 0.15) is 66.6 Å². The minimum absolute atomic E-state index is 0.00118. The van der Waals surface area contributed by atoms with Crippen LogP contribution in [0.2, 0.25) is 0 Å². The van der Waals surface area contributed by atoms with Gasteiger partial charge in [-0.15, -0.1) is 0 Å². The second-order valence-corrected chi connectivity index (χ2v) is 12.2. The van der Waals surface area contributed by atoms with Crippen LogP contribution in [0, 0.1) is 23.2 Å². The van der Waals surface area contributed by atoms with Crippen LogP contribution in [-0.2, 0) is 17.8 Å². The van der Waals surface area contributed by atoms with Crippen molar-refractivity contribution in [3.05, 3.63) is 77.7 Å². The third-order valence-electron chi connectivity index (χ3n) is 9.49. The Morgan fingerprint density at radius 2 is 1.53 bits per heavy atom. The highest BCUT2D eigenvalue weighted by molar-refractivity contribution is 5.95. The molecule has 4 bridgehead atoms. The van der Waals surface area contributed by atoms with E-state index in [1.54, 1.807) is 0 Å². The number of fused-ring (bicyclic) bond motifs is 1. The SMILES string of the molecule is O=C(CC12CC3CC(CC(C3)C1)C2)Nc1ncnc2c1CCN(C(=O)c1ccc(-c3ccccc3)cc1)C2. The van der Waals surface area contributed by atoms with Crippen LogP contribution in [0.15, 0.2) is 60.9 Å². The first-order chi connectivity index (χ1) is 18.5. The molecule has 2 heterocycles. The van der Waals surface area contributed by atoms with Gasteiger partial charge in [-0.3, -0.25) is 9.59 Å². The topological polar surface area (TPSA) is 75.2 Å². The molecule has 194 valence electrons. The molecule has 2 aromatic carbocycles. The average Bonchev–Trinajstić information content (AvgIpc) is 2.92. The maximum Gasteiger partial charge on any atom is 0.254 e. The average molecular weight is 507 g/mol. The summed E-state index contributed by atoms with van der Waals surface area (Å²) >= 11 is 0. The summed E-state index contributed by atoms with van der Waals surface area (Å²) in [5, 5.41) is 3.15. The molecule has 0 radical (unpaired) electrons. The lowest BCUT2D eigenvalue weighted by molar-refractivity contribution is -0.124. The van der Waals surface area contributed by atoms with Gasteiger partial charge in [0.1, 0.15) is 12.1 Å². The number of carbonyl (C=O) groups excluding carboxylic acids is 2. The number of benzene rings is 2. The van der Waals surface area contributed by atoms with Crippen molar-refractivity contribution in [2.24, 2.45) is 23.2 Å². The summed E-state index contributed by atoms with van der Waals surface area (Å²) in [5.41, 5.74) is 4.89. The van der Waals surface area contributed by atoms with E-state index in [1.165, 1.54) is 44.9 Å². The van der Waals surface area contributed by atoms with Gasteiger partial charge < -0.3 is 10.2 Å². The molecule has 6 heteroatoms. The number of anilines is 1. The van der Waals surface area contributed by atoms with Gasteiger partial charge in [0.05, 0.1) is 12.2 Å². The van der Waals surface area contributed by atoms with Gasteiger partial charge in [-0.2, -0.15) is 0 Å². The smallest absolute Gasteiger partial charge is 0.254 e. The molecule has 6 nitrogen and oxygen atoms in total. The van der Waals surface area contributed by atoms with Crippen molar-refractivity contribution >= 4 is 17.6 Å². The lowest BCUT2D eigenvalue weighted by atomic mass is 9.49. The number of nitrogens with zero attached hydrogens (tertiary/aromatic N) is 3. The van der Waals surface area contributed by atoms with Crippen LogP contribution in [0.25, 0.3) is 11.1 Å². The molecule has 1 N–H and O–H groups in total. The van der Waals surface area contributed by atoms with E-state index in [0.29, 0.717) is 37.3 Å². The molecule has 5 aliphatic rings. The van der Waals surface area contributed by atoms with Crippen LogP contribution in [0.4, 0.5) is 5.82 Å². The van der Waals surface area contributed by atoms with Crippen molar-refractivity contribution in [3.8, 4) is 11.1 Å². The number of nitrogens with one attached hydrogen (secondary N) is 1. The fraction of sp³-hybridized carbons (Fsp3) is 0.438. The number of aromatic nitrogens is 2. The molecule has 0 saturated heterocycles. The molecular formula is C32H34N4O2. The summed E-state index contributed by atoms with van der Waals surface area (Å²) < 4.78 is 0. The van der Waals surface area contributed by atoms with Gasteiger partial charge >= 0.3 is 0 Å². The van der Waals surface area contributed by atoms with Gasteiger partial charge in [0.2, 0.25) is 5.91 Å². The largest absolute Gasteiger partial charge is 0.332 e. The summed E-state index contributed by atoms with van der Waals surface area (Å²) in [6.07, 6.45) is 10.6. The Morgan fingerprint density at radius 3 is 2.21 bits per heavy atom. The van der Waals surface area contributed by atoms with Crippen molar-refractivity contribution in [2.45, 2.75) is 57.9 Å². The van der Waals surface area contributed by atoms with E-state index in [-0.39, 0.29) is 17.2 Å². The van der Waals surface area contributed by atoms with Crippen LogP contribution in [-0.4, -0.2) is 33.2 Å². The first-order valence-corrected chi connectivity index (χ1v) is 14.1. The molecule has 4 fully saturated rings. The van der Waals surface area contributed by atoms with Gasteiger partial charge in [-0.1, -0.05) is 42.5 Å². The minimum Gasteiger partial charge on any atom is -0.332 e. The van der Waals surface area contributed by atoms with E-state index in [4.69, 9.17) is 0 Å². The summed E-state index contributed by atoms with van der Waals surface area (Å²) in [6.45, 7) is 1.01. The molecule has 38 heavy (non-hydrogen) atoms. The first-order valence-electron chi connectivity index (χ1n) is 14.1. The Bertz CT molecular complexity index is 1330. The highest BCUT2D eigenvalue weighted by Crippen LogP contribution is 2.61. The molecule has 0 unspecified atom stereocenters. The van der Waals surface area contributed by atoms with Crippen molar-refractivity contribution in [3.63, 3.8) is 0 Å². The summed E-state index contributed by atoms with van der Waals surface area (Å²) in [5.74, 6) is 3.21. The lowest BCUT2D eigenvalue weighted by Gasteiger charge is -2.56. The summed E-state index contributed by atoms with van der Waals surface area (Å²) in [6, 6.07) is 18.0. The molecule has 2 amide bonds. The predicted octanol–water partition coefficient (Wildman–Crippen LogP) is 5.89. The quantitative estimate of drug-likeness (QED) is 0.468. The molecular weight excluding hydrogens is 472 g/mol. The van der Waals surface area contributed by atoms with Gasteiger partial charge in [0.25, 0.3) is 5.91 Å². The maximum atomic E-state index is 13.3. The van der Waals surface area contributed by atoms with Crippen LogP contribution < -0.4 is 5.32 Å². The standard InChI is InChI=1S/C32H34N4O2/c37-29(18-32-15-21-12-22(16-32)14-23(13-21)17-32)35-30-27-10-11-36(19-28(27)33-20-34-30)31(38)26-8-6-25(7-9-26)24-4-2-1-3-5-24/h1-9,20-23H,10-19H2,(H,33,34,35,37). The van der Waals surface area contributed by atoms with Crippen molar-refractivity contribution in [2.75, 3.05) is 11.9 Å². The molecule has 1 aliphatic heterocycles. The minimum atomic E-state index is 0.00118. The zero-order valence-corrected chi connectivity index (χ0v) is 21.7. The monoisotopic (exact) mass is 506 g/mol. The Kier molecular flexibility index (Phi) is 5.79. The fourth-order valence-electron chi connectivity index (χ4n) is 8.28. The van der Waals surface area contributed by atoms with Crippen LogP contribution in [0.3, 0.4) is 0 Å². The van der Waals surface area contributed by atoms with E-state index in [2.05, 4.69) is 27.4 Å². The van der Waals surface area contributed by atoms with Crippen molar-refractivity contribution in [1.29, 1.82) is 0 Å². The number of rotatable bonds is 5. The van der Waals surface area contributed by atoms with Crippen molar-refractivity contribution in [1.82, 2.24) is 14.9 Å². The van der Waals surface area contributed by atoms with E-state index >= 15 is 0 Å². The molecule has 1 aromatic heterocycles.